The monoisotopic (exact) mass is 772 g/mol. The molecule has 56 heavy (non-hydrogen) atoms. The smallest absolute Gasteiger partial charge is 0.284 e. The molecule has 8 rings (SSSR count). The van der Waals surface area contributed by atoms with Crippen LogP contribution in [0.5, 0.6) is 0 Å². The van der Waals surface area contributed by atoms with Crippen LogP contribution in [0, 0.1) is 11.7 Å². The number of carbonyl (C=O) groups is 4. The van der Waals surface area contributed by atoms with Crippen molar-refractivity contribution in [2.75, 3.05) is 37.6 Å². The molecular weight excluding hydrogens is 733 g/mol. The van der Waals surface area contributed by atoms with Crippen molar-refractivity contribution < 1.29 is 32.3 Å². The molecule has 0 radical (unpaired) electrons. The first-order valence-corrected chi connectivity index (χ1v) is 18.5. The summed E-state index contributed by atoms with van der Waals surface area (Å²) in [6.07, 6.45) is 5.23. The Hall–Kier alpha value is -6.11. The lowest BCUT2D eigenvalue weighted by atomic mass is 9.94. The number of benzene rings is 1. The zero-order chi connectivity index (χ0) is 39.1. The Morgan fingerprint density at radius 1 is 0.982 bits per heavy atom. The predicted molar refractivity (Wildman–Crippen MR) is 194 cm³/mol. The van der Waals surface area contributed by atoms with Gasteiger partial charge in [-0.15, -0.1) is 5.10 Å². The van der Waals surface area contributed by atoms with Crippen molar-refractivity contribution in [1.82, 2.24) is 49.9 Å². The average Bonchev–Trinajstić information content (AvgIpc) is 3.95. The normalized spacial score (nSPS) is 18.9. The summed E-state index contributed by atoms with van der Waals surface area (Å²) in [5, 5.41) is 21.6. The number of anilines is 1. The SMILES string of the molecule is NC(=O)c1cnn2c(-c3cn(-c4cn(C5CCN(CC6CCN(c7ccc(C(=O)NC8CCC(=O)NC8=O)c(F)c7)CC6)CC5)nc4C(F)F)nn3)ccc2c1. The molecule has 19 heteroatoms. The highest BCUT2D eigenvalue weighted by Gasteiger charge is 2.31. The number of nitrogens with one attached hydrogen (secondary N) is 2. The van der Waals surface area contributed by atoms with Gasteiger partial charge in [0, 0.05) is 44.8 Å². The van der Waals surface area contributed by atoms with Crippen LogP contribution in [-0.4, -0.2) is 102 Å². The van der Waals surface area contributed by atoms with Gasteiger partial charge >= 0.3 is 0 Å². The number of fused-ring (bicyclic) bond motifs is 1. The molecule has 3 fully saturated rings. The zero-order valence-electron chi connectivity index (χ0n) is 30.2. The Balaban J connectivity index is 0.841. The lowest BCUT2D eigenvalue weighted by molar-refractivity contribution is -0.134. The van der Waals surface area contributed by atoms with E-state index in [1.165, 1.54) is 23.0 Å². The zero-order valence-corrected chi connectivity index (χ0v) is 30.2. The minimum absolute atomic E-state index is 0.0652. The van der Waals surface area contributed by atoms with Crippen LogP contribution in [0.1, 0.15) is 77.4 Å². The van der Waals surface area contributed by atoms with E-state index in [4.69, 9.17) is 5.73 Å². The van der Waals surface area contributed by atoms with Gasteiger partial charge < -0.3 is 20.9 Å². The third-order valence-corrected chi connectivity index (χ3v) is 10.9. The molecule has 0 saturated carbocycles. The van der Waals surface area contributed by atoms with E-state index in [-0.39, 0.29) is 41.4 Å². The molecule has 5 aromatic rings. The van der Waals surface area contributed by atoms with Crippen LogP contribution in [0.15, 0.2) is 55.0 Å². The van der Waals surface area contributed by atoms with Crippen LogP contribution >= 0.6 is 0 Å². The number of hydrogen-bond donors (Lipinski definition) is 3. The molecule has 0 spiro atoms. The lowest BCUT2D eigenvalue weighted by Gasteiger charge is -2.38. The quantitative estimate of drug-likeness (QED) is 0.178. The number of aromatic nitrogens is 7. The molecule has 1 atom stereocenters. The molecular formula is C37H39F3N12O4. The summed E-state index contributed by atoms with van der Waals surface area (Å²) in [4.78, 5) is 52.1. The number of rotatable bonds is 10. The van der Waals surface area contributed by atoms with E-state index in [9.17, 15) is 28.0 Å². The molecule has 4 N–H and O–H groups in total. The van der Waals surface area contributed by atoms with Gasteiger partial charge in [0.05, 0.1) is 47.0 Å². The minimum atomic E-state index is -2.83. The minimum Gasteiger partial charge on any atom is -0.371 e. The van der Waals surface area contributed by atoms with Crippen molar-refractivity contribution in [3.05, 3.63) is 77.6 Å². The van der Waals surface area contributed by atoms with E-state index >= 15 is 4.39 Å². The Morgan fingerprint density at radius 2 is 1.77 bits per heavy atom. The van der Waals surface area contributed by atoms with Crippen molar-refractivity contribution in [2.24, 2.45) is 11.7 Å². The number of alkyl halides is 2. The topological polar surface area (TPSA) is 191 Å². The number of carbonyl (C=O) groups excluding carboxylic acids is 4. The Kier molecular flexibility index (Phi) is 10.0. The van der Waals surface area contributed by atoms with Crippen LogP contribution in [0.3, 0.4) is 0 Å². The van der Waals surface area contributed by atoms with E-state index in [0.717, 1.165) is 58.4 Å². The van der Waals surface area contributed by atoms with Crippen LogP contribution < -0.4 is 21.3 Å². The number of likely N-dealkylation sites (tertiary alicyclic amines) is 1. The summed E-state index contributed by atoms with van der Waals surface area (Å²) in [6.45, 7) is 3.93. The Labute approximate surface area is 317 Å². The Bertz CT molecular complexity index is 2310. The maximum absolute atomic E-state index is 15.1. The highest BCUT2D eigenvalue weighted by Crippen LogP contribution is 2.32. The van der Waals surface area contributed by atoms with Crippen LogP contribution in [0.4, 0.5) is 18.9 Å². The molecule has 3 saturated heterocycles. The second-order valence-electron chi connectivity index (χ2n) is 14.5. The maximum Gasteiger partial charge on any atom is 0.284 e. The van der Waals surface area contributed by atoms with Crippen molar-refractivity contribution in [2.45, 2.75) is 57.0 Å². The fourth-order valence-corrected chi connectivity index (χ4v) is 7.80. The number of nitrogens with two attached hydrogens (primary N) is 1. The number of halogens is 3. The van der Waals surface area contributed by atoms with Crippen LogP contribution in [0.25, 0.3) is 22.6 Å². The summed E-state index contributed by atoms with van der Waals surface area (Å²) in [5.41, 5.74) is 7.47. The van der Waals surface area contributed by atoms with Crippen molar-refractivity contribution in [1.29, 1.82) is 0 Å². The van der Waals surface area contributed by atoms with E-state index < -0.39 is 41.9 Å². The molecule has 3 aliphatic heterocycles. The Morgan fingerprint density at radius 3 is 2.48 bits per heavy atom. The van der Waals surface area contributed by atoms with Crippen molar-refractivity contribution in [3.8, 4) is 17.1 Å². The van der Waals surface area contributed by atoms with Gasteiger partial charge in [0.15, 0.2) is 5.69 Å². The van der Waals surface area contributed by atoms with Crippen LogP contribution in [-0.2, 0) is 9.59 Å². The summed E-state index contributed by atoms with van der Waals surface area (Å²) in [5.74, 6) is -2.55. The molecule has 0 aliphatic carbocycles. The second kappa shape index (κ2) is 15.2. The molecule has 7 heterocycles. The number of nitrogens with zero attached hydrogens (tertiary/aromatic N) is 9. The summed E-state index contributed by atoms with van der Waals surface area (Å²) < 4.78 is 48.1. The predicted octanol–water partition coefficient (Wildman–Crippen LogP) is 3.04. The van der Waals surface area contributed by atoms with Crippen LogP contribution in [0.2, 0.25) is 0 Å². The largest absolute Gasteiger partial charge is 0.371 e. The van der Waals surface area contributed by atoms with Crippen molar-refractivity contribution in [3.63, 3.8) is 0 Å². The number of primary amides is 1. The van der Waals surface area contributed by atoms with Gasteiger partial charge in [0.2, 0.25) is 17.7 Å². The standard InChI is InChI=1S/C37H39F3N12O4/c38-27-16-24(1-3-26(27)36(55)43-28-4-6-32(53)44-37(28)56)49-13-7-21(8-14-49)18-48-11-9-23(10-12-48)50-20-31(33(46-50)34(39)40)51-19-29(45-47-51)30-5-2-25-15-22(35(41)54)17-42-52(25)30/h1-3,5,15-17,19-21,23,28,34H,4,6-14,18H2,(H2,41,54)(H,43,55)(H,44,53,56). The third kappa shape index (κ3) is 7.45. The number of imide groups is 1. The van der Waals surface area contributed by atoms with Gasteiger partial charge in [-0.3, -0.25) is 29.2 Å². The molecule has 0 bridgehead atoms. The van der Waals surface area contributed by atoms with E-state index in [2.05, 4.69) is 40.9 Å². The second-order valence-corrected chi connectivity index (χ2v) is 14.5. The summed E-state index contributed by atoms with van der Waals surface area (Å²) in [6, 6.07) is 8.61. The first-order valence-electron chi connectivity index (χ1n) is 18.5. The molecule has 16 nitrogen and oxygen atoms in total. The van der Waals surface area contributed by atoms with Gasteiger partial charge in [-0.1, -0.05) is 5.21 Å². The average molecular weight is 773 g/mol. The van der Waals surface area contributed by atoms with E-state index in [0.29, 0.717) is 28.5 Å². The first kappa shape index (κ1) is 36.8. The number of piperidine rings is 3. The number of hydrogen-bond acceptors (Lipinski definition) is 10. The maximum atomic E-state index is 15.1. The molecule has 1 unspecified atom stereocenters. The summed E-state index contributed by atoms with van der Waals surface area (Å²) >= 11 is 0. The van der Waals surface area contributed by atoms with Gasteiger partial charge in [0.25, 0.3) is 12.3 Å². The molecule has 4 aromatic heterocycles. The highest BCUT2D eigenvalue weighted by molar-refractivity contribution is 6.04. The first-order chi connectivity index (χ1) is 27.0. The van der Waals surface area contributed by atoms with Crippen molar-refractivity contribution >= 4 is 34.8 Å². The van der Waals surface area contributed by atoms with Gasteiger partial charge in [-0.25, -0.2) is 22.4 Å². The number of amides is 4. The molecule has 4 amide bonds. The van der Waals surface area contributed by atoms with Gasteiger partial charge in [-0.05, 0) is 74.4 Å². The molecule has 1 aromatic carbocycles. The fraction of sp³-hybridized carbons (Fsp3) is 0.405. The van der Waals surface area contributed by atoms with E-state index in [1.54, 1.807) is 45.9 Å². The van der Waals surface area contributed by atoms with Gasteiger partial charge in [-0.2, -0.15) is 10.2 Å². The van der Waals surface area contributed by atoms with Gasteiger partial charge in [0.1, 0.15) is 23.2 Å². The summed E-state index contributed by atoms with van der Waals surface area (Å²) in [7, 11) is 0. The third-order valence-electron chi connectivity index (χ3n) is 10.9. The molecule has 292 valence electrons. The highest BCUT2D eigenvalue weighted by atomic mass is 19.3. The fourth-order valence-electron chi connectivity index (χ4n) is 7.80. The van der Waals surface area contributed by atoms with E-state index in [1.807, 2.05) is 0 Å². The molecule has 3 aliphatic rings. The lowest BCUT2D eigenvalue weighted by Crippen LogP contribution is -2.52.